The fourth-order valence-electron chi connectivity index (χ4n) is 2.42. The van der Waals surface area contributed by atoms with E-state index in [1.165, 1.54) is 12.8 Å². The molecule has 0 amide bonds. The lowest BCUT2D eigenvalue weighted by molar-refractivity contribution is -0.115. The second kappa shape index (κ2) is 5.72. The van der Waals surface area contributed by atoms with Gasteiger partial charge in [0.05, 0.1) is 0 Å². The van der Waals surface area contributed by atoms with Gasteiger partial charge in [0, 0.05) is 24.5 Å². The third-order valence-electron chi connectivity index (χ3n) is 3.38. The fourth-order valence-corrected chi connectivity index (χ4v) is 2.42. The zero-order valence-electron chi connectivity index (χ0n) is 11.0. The minimum Gasteiger partial charge on any atom is -0.376 e. The van der Waals surface area contributed by atoms with Gasteiger partial charge in [-0.2, -0.15) is 13.2 Å². The van der Waals surface area contributed by atoms with Gasteiger partial charge in [-0.3, -0.25) is 0 Å². The Morgan fingerprint density at radius 2 is 1.95 bits per heavy atom. The number of alkyl halides is 3. The number of nitrogens with zero attached hydrogens (tertiary/aromatic N) is 1. The summed E-state index contributed by atoms with van der Waals surface area (Å²) in [5.74, 6) is 0.678. The van der Waals surface area contributed by atoms with Crippen molar-refractivity contribution in [3.8, 4) is 0 Å². The molecule has 0 saturated carbocycles. The quantitative estimate of drug-likeness (QED) is 0.897. The summed E-state index contributed by atoms with van der Waals surface area (Å²) in [6.45, 7) is 3.29. The van der Waals surface area contributed by atoms with E-state index in [1.807, 2.05) is 12.1 Å². The summed E-state index contributed by atoms with van der Waals surface area (Å²) in [4.78, 5) is 2.29. The molecule has 1 atom stereocenters. The molecule has 1 N–H and O–H groups in total. The highest BCUT2D eigenvalue weighted by atomic mass is 19.4. The number of nitrogens with one attached hydrogen (secondary N) is 1. The Kier molecular flexibility index (Phi) is 4.22. The molecule has 0 aliphatic carbocycles. The van der Waals surface area contributed by atoms with Crippen LogP contribution in [0.15, 0.2) is 24.3 Å². The Bertz CT molecular complexity index is 400. The lowest BCUT2D eigenvalue weighted by Gasteiger charge is -2.32. The fraction of sp³-hybridized carbons (Fsp3) is 0.571. The molecule has 0 spiro atoms. The summed E-state index contributed by atoms with van der Waals surface area (Å²) in [6, 6.07) is 7.19. The molecule has 0 bridgehead atoms. The maximum absolute atomic E-state index is 12.1. The minimum atomic E-state index is -4.18. The van der Waals surface area contributed by atoms with Crippen molar-refractivity contribution < 1.29 is 13.2 Å². The van der Waals surface area contributed by atoms with Crippen molar-refractivity contribution in [1.29, 1.82) is 0 Å². The molecule has 2 nitrogen and oxygen atoms in total. The Labute approximate surface area is 111 Å². The number of benzene rings is 1. The monoisotopic (exact) mass is 272 g/mol. The second-order valence-corrected chi connectivity index (χ2v) is 5.21. The van der Waals surface area contributed by atoms with E-state index in [0.717, 1.165) is 18.8 Å². The largest absolute Gasteiger partial charge is 0.405 e. The van der Waals surface area contributed by atoms with Crippen LogP contribution in [-0.2, 0) is 0 Å². The van der Waals surface area contributed by atoms with E-state index in [1.54, 1.807) is 12.1 Å². The van der Waals surface area contributed by atoms with Gasteiger partial charge in [-0.05, 0) is 43.0 Å². The van der Waals surface area contributed by atoms with Crippen molar-refractivity contribution in [2.45, 2.75) is 25.9 Å². The van der Waals surface area contributed by atoms with Gasteiger partial charge in [-0.15, -0.1) is 0 Å². The second-order valence-electron chi connectivity index (χ2n) is 5.21. The van der Waals surface area contributed by atoms with Crippen LogP contribution in [0.4, 0.5) is 24.5 Å². The van der Waals surface area contributed by atoms with E-state index < -0.39 is 12.7 Å². The lowest BCUT2D eigenvalue weighted by Crippen LogP contribution is -2.34. The molecular weight excluding hydrogens is 253 g/mol. The number of anilines is 2. The smallest absolute Gasteiger partial charge is 0.376 e. The molecule has 1 aliphatic heterocycles. The van der Waals surface area contributed by atoms with Crippen LogP contribution in [0.1, 0.15) is 19.8 Å². The van der Waals surface area contributed by atoms with E-state index in [4.69, 9.17) is 0 Å². The highest BCUT2D eigenvalue weighted by Gasteiger charge is 2.26. The summed E-state index contributed by atoms with van der Waals surface area (Å²) in [5.41, 5.74) is 1.59. The summed E-state index contributed by atoms with van der Waals surface area (Å²) >= 11 is 0. The third kappa shape index (κ3) is 4.33. The number of rotatable bonds is 3. The van der Waals surface area contributed by atoms with Crippen LogP contribution in [0.25, 0.3) is 0 Å². The van der Waals surface area contributed by atoms with Crippen molar-refractivity contribution in [3.05, 3.63) is 24.3 Å². The van der Waals surface area contributed by atoms with Crippen LogP contribution in [0.2, 0.25) is 0 Å². The lowest BCUT2D eigenvalue weighted by atomic mass is 10.00. The molecule has 1 aromatic carbocycles. The Morgan fingerprint density at radius 3 is 2.53 bits per heavy atom. The molecule has 0 aromatic heterocycles. The Hall–Kier alpha value is -1.39. The number of piperidine rings is 1. The summed E-state index contributed by atoms with van der Waals surface area (Å²) in [5, 5.41) is 2.38. The van der Waals surface area contributed by atoms with Gasteiger partial charge in [0.15, 0.2) is 0 Å². The number of halogens is 3. The normalized spacial score (nSPS) is 20.4. The van der Waals surface area contributed by atoms with E-state index in [2.05, 4.69) is 17.1 Å². The summed E-state index contributed by atoms with van der Waals surface area (Å²) in [6.07, 6.45) is -1.75. The maximum atomic E-state index is 12.1. The van der Waals surface area contributed by atoms with Crippen LogP contribution in [0, 0.1) is 5.92 Å². The highest BCUT2D eigenvalue weighted by Crippen LogP contribution is 2.24. The number of hydrogen-bond donors (Lipinski definition) is 1. The van der Waals surface area contributed by atoms with E-state index in [9.17, 15) is 13.2 Å². The van der Waals surface area contributed by atoms with Crippen molar-refractivity contribution in [3.63, 3.8) is 0 Å². The van der Waals surface area contributed by atoms with Gasteiger partial charge in [0.25, 0.3) is 0 Å². The van der Waals surface area contributed by atoms with Gasteiger partial charge in [-0.1, -0.05) is 6.92 Å². The molecule has 19 heavy (non-hydrogen) atoms. The molecule has 1 unspecified atom stereocenters. The van der Waals surface area contributed by atoms with Crippen molar-refractivity contribution in [1.82, 2.24) is 0 Å². The summed E-state index contributed by atoms with van der Waals surface area (Å²) in [7, 11) is 0. The van der Waals surface area contributed by atoms with Gasteiger partial charge in [0.1, 0.15) is 6.54 Å². The Balaban J connectivity index is 1.94. The van der Waals surface area contributed by atoms with Crippen molar-refractivity contribution >= 4 is 11.4 Å². The van der Waals surface area contributed by atoms with Crippen LogP contribution in [0.3, 0.4) is 0 Å². The SMILES string of the molecule is CC1CCCN(c2ccc(NCC(F)(F)F)cc2)C1. The predicted octanol–water partition coefficient (Wildman–Crippen LogP) is 3.90. The van der Waals surface area contributed by atoms with Crippen molar-refractivity contribution in [2.24, 2.45) is 5.92 Å². The van der Waals surface area contributed by atoms with E-state index >= 15 is 0 Å². The Morgan fingerprint density at radius 1 is 1.26 bits per heavy atom. The minimum absolute atomic E-state index is 0.506. The standard InChI is InChI=1S/C14H19F3N2/c1-11-3-2-8-19(9-11)13-6-4-12(5-7-13)18-10-14(15,16)17/h4-7,11,18H,2-3,8-10H2,1H3. The molecule has 2 rings (SSSR count). The van der Waals surface area contributed by atoms with Gasteiger partial charge < -0.3 is 10.2 Å². The average Bonchev–Trinajstić information content (AvgIpc) is 2.36. The van der Waals surface area contributed by atoms with Crippen LogP contribution < -0.4 is 10.2 Å². The maximum Gasteiger partial charge on any atom is 0.405 e. The first-order valence-corrected chi connectivity index (χ1v) is 6.60. The topological polar surface area (TPSA) is 15.3 Å². The molecule has 0 radical (unpaired) electrons. The molecule has 1 aliphatic rings. The molecular formula is C14H19F3N2. The number of hydrogen-bond acceptors (Lipinski definition) is 2. The zero-order chi connectivity index (χ0) is 13.9. The molecule has 1 aromatic rings. The molecule has 1 saturated heterocycles. The van der Waals surface area contributed by atoms with Crippen LogP contribution >= 0.6 is 0 Å². The third-order valence-corrected chi connectivity index (χ3v) is 3.38. The molecule has 1 fully saturated rings. The van der Waals surface area contributed by atoms with Crippen molar-refractivity contribution in [2.75, 3.05) is 29.9 Å². The first kappa shape index (κ1) is 14.0. The van der Waals surface area contributed by atoms with Crippen LogP contribution in [0.5, 0.6) is 0 Å². The van der Waals surface area contributed by atoms with Gasteiger partial charge in [0.2, 0.25) is 0 Å². The average molecular weight is 272 g/mol. The molecule has 106 valence electrons. The molecule has 1 heterocycles. The highest BCUT2D eigenvalue weighted by molar-refractivity contribution is 5.55. The first-order valence-electron chi connectivity index (χ1n) is 6.60. The van der Waals surface area contributed by atoms with E-state index in [0.29, 0.717) is 11.6 Å². The zero-order valence-corrected chi connectivity index (χ0v) is 11.0. The first-order chi connectivity index (χ1) is 8.94. The van der Waals surface area contributed by atoms with Crippen LogP contribution in [-0.4, -0.2) is 25.8 Å². The van der Waals surface area contributed by atoms with Gasteiger partial charge in [-0.25, -0.2) is 0 Å². The predicted molar refractivity (Wildman–Crippen MR) is 71.6 cm³/mol. The van der Waals surface area contributed by atoms with Gasteiger partial charge >= 0.3 is 6.18 Å². The molecule has 5 heteroatoms. The van der Waals surface area contributed by atoms with E-state index in [-0.39, 0.29) is 0 Å². The summed E-state index contributed by atoms with van der Waals surface area (Å²) < 4.78 is 36.3.